The number of urea groups is 1. The molecule has 3 amide bonds. The lowest BCUT2D eigenvalue weighted by molar-refractivity contribution is 0.142. The summed E-state index contributed by atoms with van der Waals surface area (Å²) in [5.74, 6) is 0.344. The van der Waals surface area contributed by atoms with Crippen LogP contribution in [0.15, 0.2) is 71.0 Å². The standard InChI is InChI=1S/C34H46N6O4S3.C2H7N/c1-23(2)31-38-29(21-45-31)18-36-33(42)37-24(3)32(41)47-40-28(17-26-12-8-5-9-13-26)15-14-27(16-25-10-6-4-7-11-25)39-34(43)44-20-30-19-35-22-46-30;1-2-3/h4-13,21-24,27-28,30,32,40-41H,14-20H2,1-3H3,(H,39,43)(H2,36,37,42);2-3H2,1H3. The van der Waals surface area contributed by atoms with E-state index in [4.69, 9.17) is 10.5 Å². The third kappa shape index (κ3) is 16.3. The number of thioether (sulfide) groups is 1. The minimum atomic E-state index is -0.892. The Morgan fingerprint density at radius 3 is 2.20 bits per heavy atom. The second kappa shape index (κ2) is 23.4. The second-order valence-corrected chi connectivity index (χ2v) is 15.3. The molecule has 1 aliphatic rings. The van der Waals surface area contributed by atoms with Gasteiger partial charge in [-0.3, -0.25) is 9.71 Å². The normalized spacial score (nSPS) is 16.1. The van der Waals surface area contributed by atoms with Crippen LogP contribution in [0.3, 0.4) is 0 Å². The molecular formula is C36H53N7O4S3. The van der Waals surface area contributed by atoms with Gasteiger partial charge in [0.2, 0.25) is 0 Å². The Bertz CT molecular complexity index is 1410. The van der Waals surface area contributed by atoms with Crippen LogP contribution in [-0.2, 0) is 24.1 Å². The topological polar surface area (TPSA) is 163 Å². The number of aliphatic imine (C=N–C) groups is 1. The van der Waals surface area contributed by atoms with Gasteiger partial charge in [0, 0.05) is 23.4 Å². The van der Waals surface area contributed by atoms with Gasteiger partial charge in [0.15, 0.2) is 0 Å². The summed E-state index contributed by atoms with van der Waals surface area (Å²) in [6.45, 7) is 9.90. The van der Waals surface area contributed by atoms with Gasteiger partial charge in [-0.15, -0.1) is 23.1 Å². The lowest BCUT2D eigenvalue weighted by Crippen LogP contribution is -2.46. The molecule has 1 aromatic heterocycles. The molecule has 0 saturated carbocycles. The molecule has 5 atom stereocenters. The Morgan fingerprint density at radius 1 is 1.00 bits per heavy atom. The van der Waals surface area contributed by atoms with Crippen molar-refractivity contribution in [2.24, 2.45) is 10.7 Å². The fourth-order valence-electron chi connectivity index (χ4n) is 4.87. The Hall–Kier alpha value is -3.14. The van der Waals surface area contributed by atoms with E-state index in [-0.39, 0.29) is 23.4 Å². The predicted octanol–water partition coefficient (Wildman–Crippen LogP) is 5.85. The quantitative estimate of drug-likeness (QED) is 0.0694. The zero-order valence-electron chi connectivity index (χ0n) is 29.4. The molecule has 2 aromatic carbocycles. The number of nitrogens with zero attached hydrogens (tertiary/aromatic N) is 2. The van der Waals surface area contributed by atoms with Gasteiger partial charge in [-0.25, -0.2) is 14.6 Å². The number of rotatable bonds is 18. The number of aliphatic hydroxyl groups is 1. The number of alkyl carbamates (subject to hydrolysis) is 1. The molecule has 0 saturated heterocycles. The number of hydrogen-bond acceptors (Lipinski definition) is 11. The first-order chi connectivity index (χ1) is 24.2. The number of aliphatic hydroxyl groups excluding tert-OH is 1. The van der Waals surface area contributed by atoms with Crippen molar-refractivity contribution in [2.45, 2.75) is 94.7 Å². The van der Waals surface area contributed by atoms with Crippen molar-refractivity contribution in [1.29, 1.82) is 0 Å². The Balaban J connectivity index is 0.00000217. The van der Waals surface area contributed by atoms with Crippen molar-refractivity contribution < 1.29 is 19.4 Å². The first-order valence-electron chi connectivity index (χ1n) is 17.1. The molecule has 1 aliphatic heterocycles. The Kier molecular flexibility index (Phi) is 19.3. The van der Waals surface area contributed by atoms with Gasteiger partial charge in [0.1, 0.15) is 12.0 Å². The number of thiazole rings is 1. The van der Waals surface area contributed by atoms with E-state index in [0.717, 1.165) is 41.2 Å². The molecule has 7 N–H and O–H groups in total. The number of carbonyl (C=O) groups is 2. The van der Waals surface area contributed by atoms with Gasteiger partial charge in [-0.2, -0.15) is 0 Å². The molecular weight excluding hydrogens is 691 g/mol. The van der Waals surface area contributed by atoms with Crippen molar-refractivity contribution in [3.05, 3.63) is 87.9 Å². The maximum Gasteiger partial charge on any atom is 0.407 e. The molecule has 4 rings (SSSR count). The van der Waals surface area contributed by atoms with Gasteiger partial charge < -0.3 is 31.5 Å². The van der Waals surface area contributed by atoms with E-state index in [0.29, 0.717) is 38.5 Å². The molecule has 5 unspecified atom stereocenters. The third-order valence-electron chi connectivity index (χ3n) is 7.51. The molecule has 2 heterocycles. The van der Waals surface area contributed by atoms with Crippen molar-refractivity contribution in [3.8, 4) is 0 Å². The highest BCUT2D eigenvalue weighted by Crippen LogP contribution is 2.20. The first kappa shape index (κ1) is 41.3. The van der Waals surface area contributed by atoms with Crippen molar-refractivity contribution in [1.82, 2.24) is 25.7 Å². The summed E-state index contributed by atoms with van der Waals surface area (Å²) >= 11 is 4.36. The maximum absolute atomic E-state index is 12.8. The van der Waals surface area contributed by atoms with Crippen LogP contribution in [-0.4, -0.2) is 76.3 Å². The monoisotopic (exact) mass is 743 g/mol. The Labute approximate surface area is 309 Å². The number of carbonyl (C=O) groups excluding carboxylic acids is 2. The van der Waals surface area contributed by atoms with E-state index in [2.05, 4.69) is 68.8 Å². The van der Waals surface area contributed by atoms with Crippen LogP contribution < -0.4 is 26.4 Å². The van der Waals surface area contributed by atoms with Gasteiger partial charge in [0.05, 0.1) is 40.6 Å². The predicted molar refractivity (Wildman–Crippen MR) is 209 cm³/mol. The molecule has 0 aliphatic carbocycles. The van der Waals surface area contributed by atoms with Crippen LogP contribution in [0, 0.1) is 0 Å². The number of nitrogens with one attached hydrogen (secondary N) is 4. The average Bonchev–Trinajstić information content (AvgIpc) is 3.82. The average molecular weight is 744 g/mol. The number of aromatic nitrogens is 1. The third-order valence-corrected chi connectivity index (χ3v) is 10.8. The SMILES string of the molecule is CC(C)c1nc(CNC(=O)NC(C)C(O)SNC(CCC(Cc2ccccc2)NC(=O)OCC2CN=CS2)Cc2ccccc2)cs1.CCN. The fraction of sp³-hybridized carbons (Fsp3) is 0.500. The van der Waals surface area contributed by atoms with Crippen LogP contribution in [0.5, 0.6) is 0 Å². The summed E-state index contributed by atoms with van der Waals surface area (Å²) in [5, 5.41) is 22.8. The van der Waals surface area contributed by atoms with Crippen LogP contribution in [0.2, 0.25) is 0 Å². The van der Waals surface area contributed by atoms with Crippen LogP contribution in [0.1, 0.15) is 68.3 Å². The van der Waals surface area contributed by atoms with Crippen LogP contribution >= 0.6 is 35.0 Å². The molecule has 0 radical (unpaired) electrons. The number of amides is 3. The smallest absolute Gasteiger partial charge is 0.407 e. The van der Waals surface area contributed by atoms with E-state index in [1.807, 2.05) is 48.7 Å². The van der Waals surface area contributed by atoms with Crippen LogP contribution in [0.4, 0.5) is 9.59 Å². The number of benzene rings is 2. The number of hydrogen-bond donors (Lipinski definition) is 6. The van der Waals surface area contributed by atoms with Crippen molar-refractivity contribution >= 4 is 52.7 Å². The minimum Gasteiger partial charge on any atom is -0.448 e. The van der Waals surface area contributed by atoms with Gasteiger partial charge in [-0.05, 0) is 62.2 Å². The summed E-state index contributed by atoms with van der Waals surface area (Å²) in [6.07, 6.45) is 2.39. The Morgan fingerprint density at radius 2 is 1.62 bits per heavy atom. The fourth-order valence-corrected chi connectivity index (χ4v) is 7.17. The van der Waals surface area contributed by atoms with Gasteiger partial charge in [0.25, 0.3) is 0 Å². The molecule has 50 heavy (non-hydrogen) atoms. The maximum atomic E-state index is 12.8. The molecule has 0 fully saturated rings. The van der Waals surface area contributed by atoms with E-state index >= 15 is 0 Å². The van der Waals surface area contributed by atoms with Gasteiger partial charge >= 0.3 is 12.1 Å². The van der Waals surface area contributed by atoms with E-state index in [1.165, 1.54) is 11.9 Å². The van der Waals surface area contributed by atoms with Crippen LogP contribution in [0.25, 0.3) is 0 Å². The molecule has 274 valence electrons. The molecule has 0 bridgehead atoms. The number of ether oxygens (including phenoxy) is 1. The summed E-state index contributed by atoms with van der Waals surface area (Å²) in [7, 11) is 0. The summed E-state index contributed by atoms with van der Waals surface area (Å²) < 4.78 is 8.99. The van der Waals surface area contributed by atoms with Crippen molar-refractivity contribution in [3.63, 3.8) is 0 Å². The second-order valence-electron chi connectivity index (χ2n) is 12.3. The van der Waals surface area contributed by atoms with E-state index in [1.54, 1.807) is 35.6 Å². The van der Waals surface area contributed by atoms with Crippen molar-refractivity contribution in [2.75, 3.05) is 19.7 Å². The molecule has 11 nitrogen and oxygen atoms in total. The molecule has 14 heteroatoms. The van der Waals surface area contributed by atoms with Gasteiger partial charge in [-0.1, -0.05) is 81.4 Å². The highest BCUT2D eigenvalue weighted by Gasteiger charge is 2.22. The highest BCUT2D eigenvalue weighted by molar-refractivity contribution is 8.12. The lowest BCUT2D eigenvalue weighted by Gasteiger charge is -2.26. The minimum absolute atomic E-state index is 0.0129. The van der Waals surface area contributed by atoms with E-state index < -0.39 is 17.6 Å². The summed E-state index contributed by atoms with van der Waals surface area (Å²) in [4.78, 5) is 34.1. The highest BCUT2D eigenvalue weighted by atomic mass is 32.2. The molecule has 0 spiro atoms. The zero-order chi connectivity index (χ0) is 36.1. The lowest BCUT2D eigenvalue weighted by atomic mass is 9.96. The first-order valence-corrected chi connectivity index (χ1v) is 19.8. The zero-order valence-corrected chi connectivity index (χ0v) is 31.9. The largest absolute Gasteiger partial charge is 0.448 e. The van der Waals surface area contributed by atoms with E-state index in [9.17, 15) is 14.7 Å². The molecule has 3 aromatic rings. The number of nitrogens with two attached hydrogens (primary N) is 1. The summed E-state index contributed by atoms with van der Waals surface area (Å²) in [6, 6.07) is 19.2. The summed E-state index contributed by atoms with van der Waals surface area (Å²) in [5.41, 5.74) is 8.87.